The zero-order chi connectivity index (χ0) is 16.2. The molecular formula is C17H33N3O2. The van der Waals surface area contributed by atoms with Crippen LogP contribution in [0.15, 0.2) is 0 Å². The normalized spacial score (nSPS) is 27.2. The van der Waals surface area contributed by atoms with Crippen LogP contribution in [0.1, 0.15) is 52.9 Å². The lowest BCUT2D eigenvalue weighted by atomic mass is 9.91. The molecular weight excluding hydrogens is 278 g/mol. The molecule has 22 heavy (non-hydrogen) atoms. The second kappa shape index (κ2) is 7.64. The van der Waals surface area contributed by atoms with Gasteiger partial charge in [-0.3, -0.25) is 4.90 Å². The molecule has 2 N–H and O–H groups in total. The van der Waals surface area contributed by atoms with E-state index in [2.05, 4.69) is 31.0 Å². The van der Waals surface area contributed by atoms with E-state index >= 15 is 0 Å². The molecule has 2 saturated heterocycles. The molecule has 2 rings (SSSR count). The number of carbonyl (C=O) groups excluding carboxylic acids is 1. The van der Waals surface area contributed by atoms with Crippen LogP contribution in [0.4, 0.5) is 4.79 Å². The Labute approximate surface area is 135 Å². The van der Waals surface area contributed by atoms with Gasteiger partial charge in [0.05, 0.1) is 12.6 Å². The summed E-state index contributed by atoms with van der Waals surface area (Å²) in [4.78, 5) is 16.7. The van der Waals surface area contributed by atoms with Gasteiger partial charge in [-0.2, -0.15) is 0 Å². The van der Waals surface area contributed by atoms with Gasteiger partial charge in [-0.1, -0.05) is 13.3 Å². The molecule has 2 fully saturated rings. The van der Waals surface area contributed by atoms with Crippen LogP contribution in [0.3, 0.4) is 0 Å². The van der Waals surface area contributed by atoms with E-state index in [1.54, 1.807) is 4.90 Å². The number of likely N-dealkylation sites (tertiary alicyclic amines) is 2. The molecule has 2 aliphatic rings. The van der Waals surface area contributed by atoms with Crippen LogP contribution in [-0.2, 0) is 0 Å². The first-order valence-corrected chi connectivity index (χ1v) is 8.88. The minimum Gasteiger partial charge on any atom is -0.394 e. The average Bonchev–Trinajstić information content (AvgIpc) is 3.01. The van der Waals surface area contributed by atoms with E-state index in [1.807, 2.05) is 0 Å². The Morgan fingerprint density at radius 3 is 2.68 bits per heavy atom. The lowest BCUT2D eigenvalue weighted by Gasteiger charge is -2.44. The number of rotatable bonds is 5. The predicted molar refractivity (Wildman–Crippen MR) is 88.9 cm³/mol. The summed E-state index contributed by atoms with van der Waals surface area (Å²) in [6, 6.07) is -0.0174. The van der Waals surface area contributed by atoms with Gasteiger partial charge in [-0.05, 0) is 52.0 Å². The SMILES string of the molecule is CCC1CCCN(C(C)(C)CNC(=O)N2CCCC2CO)C1. The molecule has 2 amide bonds. The van der Waals surface area contributed by atoms with Crippen molar-refractivity contribution in [3.05, 3.63) is 0 Å². The van der Waals surface area contributed by atoms with E-state index < -0.39 is 0 Å². The Balaban J connectivity index is 1.85. The zero-order valence-corrected chi connectivity index (χ0v) is 14.5. The molecule has 5 nitrogen and oxygen atoms in total. The van der Waals surface area contributed by atoms with E-state index in [4.69, 9.17) is 0 Å². The Bertz CT molecular complexity index is 373. The highest BCUT2D eigenvalue weighted by molar-refractivity contribution is 5.75. The van der Waals surface area contributed by atoms with E-state index in [0.29, 0.717) is 6.54 Å². The van der Waals surface area contributed by atoms with Crippen LogP contribution in [0.25, 0.3) is 0 Å². The first-order valence-electron chi connectivity index (χ1n) is 8.88. The minimum atomic E-state index is -0.0197. The third-order valence-electron chi connectivity index (χ3n) is 5.47. The molecule has 0 saturated carbocycles. The third kappa shape index (κ3) is 4.13. The summed E-state index contributed by atoms with van der Waals surface area (Å²) < 4.78 is 0. The van der Waals surface area contributed by atoms with Crippen LogP contribution in [0.2, 0.25) is 0 Å². The molecule has 0 bridgehead atoms. The Hall–Kier alpha value is -0.810. The average molecular weight is 311 g/mol. The fourth-order valence-corrected chi connectivity index (χ4v) is 3.75. The van der Waals surface area contributed by atoms with E-state index in [-0.39, 0.29) is 24.2 Å². The van der Waals surface area contributed by atoms with Crippen molar-refractivity contribution in [1.82, 2.24) is 15.1 Å². The predicted octanol–water partition coefficient (Wildman–Crippen LogP) is 2.05. The third-order valence-corrected chi connectivity index (χ3v) is 5.47. The lowest BCUT2D eigenvalue weighted by Crippen LogP contribution is -2.56. The molecule has 2 aliphatic heterocycles. The van der Waals surface area contributed by atoms with Gasteiger partial charge >= 0.3 is 6.03 Å². The van der Waals surface area contributed by atoms with Crippen molar-refractivity contribution in [2.45, 2.75) is 64.5 Å². The molecule has 2 atom stereocenters. The van der Waals surface area contributed by atoms with Crippen molar-refractivity contribution < 1.29 is 9.90 Å². The van der Waals surface area contributed by atoms with Crippen LogP contribution in [-0.4, -0.2) is 65.3 Å². The molecule has 0 radical (unpaired) electrons. The number of hydrogen-bond acceptors (Lipinski definition) is 3. The molecule has 5 heteroatoms. The van der Waals surface area contributed by atoms with Crippen LogP contribution < -0.4 is 5.32 Å². The summed E-state index contributed by atoms with van der Waals surface area (Å²) in [5, 5.41) is 12.4. The second-order valence-corrected chi connectivity index (χ2v) is 7.51. The minimum absolute atomic E-state index is 0.00238. The first kappa shape index (κ1) is 17.5. The quantitative estimate of drug-likeness (QED) is 0.817. The lowest BCUT2D eigenvalue weighted by molar-refractivity contribution is 0.0647. The van der Waals surface area contributed by atoms with Gasteiger partial charge in [0.2, 0.25) is 0 Å². The standard InChI is InChI=1S/C17H33N3O2/c1-4-14-7-5-9-19(11-14)17(2,3)13-18-16(22)20-10-6-8-15(20)12-21/h14-15,21H,4-13H2,1-3H3,(H,18,22). The molecule has 2 unspecified atom stereocenters. The highest BCUT2D eigenvalue weighted by Gasteiger charge is 2.33. The number of nitrogens with zero attached hydrogens (tertiary/aromatic N) is 2. The highest BCUT2D eigenvalue weighted by atomic mass is 16.3. The second-order valence-electron chi connectivity index (χ2n) is 7.51. The van der Waals surface area contributed by atoms with E-state index in [1.165, 1.54) is 19.3 Å². The number of amides is 2. The van der Waals surface area contributed by atoms with Crippen molar-refractivity contribution in [3.8, 4) is 0 Å². The van der Waals surface area contributed by atoms with Crippen molar-refractivity contribution >= 4 is 6.03 Å². The maximum atomic E-state index is 12.3. The topological polar surface area (TPSA) is 55.8 Å². The molecule has 0 aliphatic carbocycles. The zero-order valence-electron chi connectivity index (χ0n) is 14.5. The summed E-state index contributed by atoms with van der Waals surface area (Å²) in [5.41, 5.74) is -0.0159. The fourth-order valence-electron chi connectivity index (χ4n) is 3.75. The van der Waals surface area contributed by atoms with Gasteiger partial charge in [0.1, 0.15) is 0 Å². The fraction of sp³-hybridized carbons (Fsp3) is 0.941. The van der Waals surface area contributed by atoms with Crippen LogP contribution in [0, 0.1) is 5.92 Å². The number of hydrogen-bond donors (Lipinski definition) is 2. The summed E-state index contributed by atoms with van der Waals surface area (Å²) in [5.74, 6) is 0.793. The molecule has 0 aromatic rings. The van der Waals surface area contributed by atoms with Crippen molar-refractivity contribution in [2.24, 2.45) is 5.92 Å². The Morgan fingerprint density at radius 2 is 2.00 bits per heavy atom. The highest BCUT2D eigenvalue weighted by Crippen LogP contribution is 2.25. The van der Waals surface area contributed by atoms with Gasteiger partial charge in [0.15, 0.2) is 0 Å². The van der Waals surface area contributed by atoms with Gasteiger partial charge in [0, 0.05) is 25.2 Å². The number of urea groups is 1. The smallest absolute Gasteiger partial charge is 0.317 e. The van der Waals surface area contributed by atoms with E-state index in [0.717, 1.165) is 38.4 Å². The maximum Gasteiger partial charge on any atom is 0.317 e. The number of carbonyl (C=O) groups is 1. The van der Waals surface area contributed by atoms with E-state index in [9.17, 15) is 9.90 Å². The maximum absolute atomic E-state index is 12.3. The summed E-state index contributed by atoms with van der Waals surface area (Å²) in [6.07, 6.45) is 5.74. The molecule has 0 aromatic carbocycles. The van der Waals surface area contributed by atoms with Crippen LogP contribution >= 0.6 is 0 Å². The first-order chi connectivity index (χ1) is 10.5. The van der Waals surface area contributed by atoms with Gasteiger partial charge < -0.3 is 15.3 Å². The number of aliphatic hydroxyl groups is 1. The monoisotopic (exact) mass is 311 g/mol. The molecule has 2 heterocycles. The summed E-state index contributed by atoms with van der Waals surface area (Å²) in [6.45, 7) is 10.5. The number of aliphatic hydroxyl groups excluding tert-OH is 1. The van der Waals surface area contributed by atoms with Crippen molar-refractivity contribution in [3.63, 3.8) is 0 Å². The summed E-state index contributed by atoms with van der Waals surface area (Å²) in [7, 11) is 0. The van der Waals surface area contributed by atoms with Gasteiger partial charge in [-0.25, -0.2) is 4.79 Å². The van der Waals surface area contributed by atoms with Crippen molar-refractivity contribution in [1.29, 1.82) is 0 Å². The molecule has 128 valence electrons. The van der Waals surface area contributed by atoms with Gasteiger partial charge in [0.25, 0.3) is 0 Å². The van der Waals surface area contributed by atoms with Gasteiger partial charge in [-0.15, -0.1) is 0 Å². The number of piperidine rings is 1. The number of nitrogens with one attached hydrogen (secondary N) is 1. The Kier molecular flexibility index (Phi) is 6.09. The van der Waals surface area contributed by atoms with Crippen molar-refractivity contribution in [2.75, 3.05) is 32.8 Å². The van der Waals surface area contributed by atoms with Crippen LogP contribution in [0.5, 0.6) is 0 Å². The Morgan fingerprint density at radius 1 is 1.27 bits per heavy atom. The largest absolute Gasteiger partial charge is 0.394 e. The molecule has 0 spiro atoms. The summed E-state index contributed by atoms with van der Waals surface area (Å²) >= 11 is 0. The molecule has 0 aromatic heterocycles.